The van der Waals surface area contributed by atoms with E-state index < -0.39 is 6.67 Å². The summed E-state index contributed by atoms with van der Waals surface area (Å²) in [4.78, 5) is 0. The Labute approximate surface area is 44.0 Å². The maximum absolute atomic E-state index is 9.26. The van der Waals surface area contributed by atoms with E-state index in [0.29, 0.717) is 0 Å². The Morgan fingerprint density at radius 2 is 1.60 bits per heavy atom. The second kappa shape index (κ2) is 1.52. The van der Waals surface area contributed by atoms with Crippen LogP contribution in [0, 0.1) is 0 Å². The van der Waals surface area contributed by atoms with E-state index in [1.807, 2.05) is 0 Å². The average Bonchev–Trinajstić information content (AvgIpc) is 0.722. The van der Waals surface area contributed by atoms with Gasteiger partial charge in [0, 0.05) is 0 Å². The fourth-order valence-electron chi connectivity index (χ4n) is 0. The Kier molecular flexibility index (Phi) is 1.77. The van der Waals surface area contributed by atoms with Crippen molar-refractivity contribution in [3.05, 3.63) is 0 Å². The summed E-state index contributed by atoms with van der Waals surface area (Å²) in [6.07, 6.45) is 0. The molecule has 5 heteroatoms. The van der Waals surface area contributed by atoms with E-state index in [1.54, 1.807) is 0 Å². The fourth-order valence-corrected chi connectivity index (χ4v) is 0. The second-order valence-electron chi connectivity index (χ2n) is 0.515. The predicted octanol–water partition coefficient (Wildman–Crippen LogP) is -1.31. The first-order chi connectivity index (χ1) is 2.00. The molecule has 0 unspecified atom stereocenters. The molecule has 0 atom stereocenters. The van der Waals surface area contributed by atoms with Crippen LogP contribution in [0.15, 0.2) is 0 Å². The molecule has 3 nitrogen and oxygen atoms in total. The molecular formula is H2O3PbS. The first kappa shape index (κ1) is 5.83. The zero-order valence-corrected chi connectivity index (χ0v) is 7.55. The van der Waals surface area contributed by atoms with Crippen LogP contribution >= 0.6 is 0 Å². The third-order valence-corrected chi connectivity index (χ3v) is 0. The molecule has 1 N–H and O–H groups in total. The molecule has 2 radical (unpaired) electrons. The quantitative estimate of drug-likeness (QED) is 0.445. The van der Waals surface area contributed by atoms with Gasteiger partial charge in [-0.25, -0.2) is 0 Å². The van der Waals surface area contributed by atoms with Crippen molar-refractivity contribution in [1.82, 2.24) is 0 Å². The van der Waals surface area contributed by atoms with E-state index in [9.17, 15) is 8.42 Å². The molecule has 0 amide bonds. The van der Waals surface area contributed by atoms with E-state index in [-0.39, 0.29) is 24.3 Å². The van der Waals surface area contributed by atoms with Crippen LogP contribution in [0.1, 0.15) is 0 Å². The molecule has 0 rings (SSSR count). The average molecular weight is 289 g/mol. The number of hydrogen-bond donors (Lipinski definition) is 1. The van der Waals surface area contributed by atoms with Crippen molar-refractivity contribution in [2.45, 2.75) is 0 Å². The van der Waals surface area contributed by atoms with Crippen LogP contribution in [0.3, 0.4) is 0 Å². The van der Waals surface area contributed by atoms with Gasteiger partial charge in [0.1, 0.15) is 0 Å². The van der Waals surface area contributed by atoms with Gasteiger partial charge in [0.05, 0.1) is 0 Å². The summed E-state index contributed by atoms with van der Waals surface area (Å²) in [5.74, 6) is 0. The minimum absolute atomic E-state index is 0.340. The SMILES string of the molecule is O=[S](=O)(O)[PbH]. The van der Waals surface area contributed by atoms with E-state index in [1.165, 1.54) is 0 Å². The maximum atomic E-state index is 9.26. The van der Waals surface area contributed by atoms with Gasteiger partial charge in [-0.1, -0.05) is 0 Å². The minimum atomic E-state index is -3.50. The molecule has 0 aliphatic heterocycles. The summed E-state index contributed by atoms with van der Waals surface area (Å²) in [5, 5.41) is 0. The van der Waals surface area contributed by atoms with Crippen LogP contribution in [-0.2, 0) is 6.67 Å². The van der Waals surface area contributed by atoms with Gasteiger partial charge in [0.25, 0.3) is 0 Å². The van der Waals surface area contributed by atoms with E-state index in [0.717, 1.165) is 0 Å². The van der Waals surface area contributed by atoms with Crippen LogP contribution in [0.25, 0.3) is 0 Å². The van der Waals surface area contributed by atoms with Crippen LogP contribution in [0.5, 0.6) is 0 Å². The van der Waals surface area contributed by atoms with Crippen molar-refractivity contribution in [1.29, 1.82) is 0 Å². The van der Waals surface area contributed by atoms with Gasteiger partial charge in [-0.2, -0.15) is 0 Å². The molecule has 0 aromatic carbocycles. The van der Waals surface area contributed by atoms with Gasteiger partial charge in [-0.3, -0.25) is 0 Å². The molecule has 0 bridgehead atoms. The Bertz CT molecular complexity index is 90.1. The summed E-state index contributed by atoms with van der Waals surface area (Å²) >= 11 is -0.340. The van der Waals surface area contributed by atoms with Gasteiger partial charge >= 0.3 is 43.9 Å². The molecule has 30 valence electrons. The van der Waals surface area contributed by atoms with Crippen molar-refractivity contribution in [2.24, 2.45) is 0 Å². The first-order valence-corrected chi connectivity index (χ1v) is 7.75. The zero-order chi connectivity index (χ0) is 4.50. The molecule has 0 spiro atoms. The number of hydrogen-bond acceptors (Lipinski definition) is 2. The normalized spacial score (nSPS) is 11.6. The molecule has 0 saturated carbocycles. The molecule has 0 heterocycles. The Balaban J connectivity index is 4.06. The third kappa shape index (κ3) is 56.0. The Morgan fingerprint density at radius 3 is 1.60 bits per heavy atom. The Morgan fingerprint density at radius 1 is 1.60 bits per heavy atom. The second-order valence-corrected chi connectivity index (χ2v) is 8.49. The monoisotopic (exact) mass is 290 g/mol. The van der Waals surface area contributed by atoms with Crippen molar-refractivity contribution in [2.75, 3.05) is 0 Å². The van der Waals surface area contributed by atoms with E-state index in [2.05, 4.69) is 0 Å². The van der Waals surface area contributed by atoms with Crippen molar-refractivity contribution in [3.8, 4) is 0 Å². The van der Waals surface area contributed by atoms with E-state index in [4.69, 9.17) is 4.55 Å². The third-order valence-electron chi connectivity index (χ3n) is 0. The summed E-state index contributed by atoms with van der Waals surface area (Å²) in [6.45, 7) is -3.50. The van der Waals surface area contributed by atoms with Crippen molar-refractivity contribution < 1.29 is 13.0 Å². The molecule has 0 aromatic heterocycles. The molecule has 0 saturated heterocycles. The van der Waals surface area contributed by atoms with Crippen LogP contribution in [0.2, 0.25) is 0 Å². The summed E-state index contributed by atoms with van der Waals surface area (Å²) in [5.41, 5.74) is 0. The first-order valence-electron chi connectivity index (χ1n) is 0.752. The molecule has 0 aromatic rings. The predicted molar refractivity (Wildman–Crippen MR) is 18.7 cm³/mol. The molecule has 0 aliphatic rings. The van der Waals surface area contributed by atoms with Gasteiger partial charge in [0.2, 0.25) is 0 Å². The van der Waals surface area contributed by atoms with Gasteiger partial charge < -0.3 is 0 Å². The standard InChI is InChI=1S/HO3S.Pb.H/c1-4(2)3;;/h(H,1,2,3);;. The van der Waals surface area contributed by atoms with E-state index >= 15 is 0 Å². The number of rotatable bonds is 0. The van der Waals surface area contributed by atoms with Crippen LogP contribution in [-0.4, -0.2) is 37.2 Å². The zero-order valence-electron chi connectivity index (χ0n) is 2.25. The van der Waals surface area contributed by atoms with Crippen molar-refractivity contribution in [3.63, 3.8) is 0 Å². The van der Waals surface area contributed by atoms with Gasteiger partial charge in [0.15, 0.2) is 0 Å². The molecular weight excluding hydrogens is 287 g/mol. The summed E-state index contributed by atoms with van der Waals surface area (Å²) < 4.78 is 26.1. The van der Waals surface area contributed by atoms with Crippen LogP contribution < -0.4 is 0 Å². The molecule has 5 heavy (non-hydrogen) atoms. The summed E-state index contributed by atoms with van der Waals surface area (Å²) in [7, 11) is 0. The topological polar surface area (TPSA) is 54.4 Å². The Hall–Kier alpha value is 0.832. The molecule has 0 fully saturated rings. The van der Waals surface area contributed by atoms with Gasteiger partial charge in [-0.15, -0.1) is 0 Å². The molecule has 0 aliphatic carbocycles. The fraction of sp³-hybridized carbons (Fsp3) is 0. The summed E-state index contributed by atoms with van der Waals surface area (Å²) in [6, 6.07) is 0. The van der Waals surface area contributed by atoms with Crippen molar-refractivity contribution >= 4 is 30.9 Å². The van der Waals surface area contributed by atoms with Gasteiger partial charge in [-0.05, 0) is 0 Å². The van der Waals surface area contributed by atoms with Crippen LogP contribution in [0.4, 0.5) is 0 Å².